The Bertz CT molecular complexity index is 866. The monoisotopic (exact) mass is 290 g/mol. The number of aromatic carboxylic acids is 1. The first-order chi connectivity index (χ1) is 9.88. The number of carboxylic acids is 1. The number of hydrogen-bond donors (Lipinski definition) is 1. The highest BCUT2D eigenvalue weighted by atomic mass is 19.4. The molecule has 21 heavy (non-hydrogen) atoms. The maximum Gasteiger partial charge on any atom is 0.416 e. The van der Waals surface area contributed by atoms with Crippen LogP contribution >= 0.6 is 0 Å². The third-order valence-corrected chi connectivity index (χ3v) is 3.42. The van der Waals surface area contributed by atoms with Gasteiger partial charge in [0.1, 0.15) is 0 Å². The fourth-order valence-electron chi connectivity index (χ4n) is 2.46. The fraction of sp³-hybridized carbons (Fsp3) is 0.0625. The maximum atomic E-state index is 12.9. The van der Waals surface area contributed by atoms with Crippen LogP contribution in [0.1, 0.15) is 15.9 Å². The molecule has 3 aromatic carbocycles. The van der Waals surface area contributed by atoms with Crippen molar-refractivity contribution in [2.24, 2.45) is 0 Å². The van der Waals surface area contributed by atoms with E-state index in [9.17, 15) is 23.1 Å². The van der Waals surface area contributed by atoms with Crippen LogP contribution in [-0.4, -0.2) is 11.1 Å². The van der Waals surface area contributed by atoms with E-state index in [4.69, 9.17) is 0 Å². The van der Waals surface area contributed by atoms with Crippen LogP contribution in [0.15, 0.2) is 48.5 Å². The highest BCUT2D eigenvalue weighted by Crippen LogP contribution is 2.35. The van der Waals surface area contributed by atoms with E-state index in [0.717, 1.165) is 12.1 Å². The van der Waals surface area contributed by atoms with Gasteiger partial charge in [0.25, 0.3) is 0 Å². The van der Waals surface area contributed by atoms with E-state index in [1.807, 2.05) is 0 Å². The summed E-state index contributed by atoms with van der Waals surface area (Å²) in [6, 6.07) is 11.4. The lowest BCUT2D eigenvalue weighted by atomic mass is 9.95. The zero-order chi connectivity index (χ0) is 15.2. The largest absolute Gasteiger partial charge is 0.478 e. The Hall–Kier alpha value is -2.56. The third kappa shape index (κ3) is 2.20. The predicted molar refractivity (Wildman–Crippen MR) is 73.4 cm³/mol. The van der Waals surface area contributed by atoms with Crippen molar-refractivity contribution in [1.82, 2.24) is 0 Å². The summed E-state index contributed by atoms with van der Waals surface area (Å²) in [6.45, 7) is 0. The Kier molecular flexibility index (Phi) is 2.86. The van der Waals surface area contributed by atoms with Crippen molar-refractivity contribution in [2.75, 3.05) is 0 Å². The number of benzene rings is 3. The van der Waals surface area contributed by atoms with Crippen LogP contribution in [0.25, 0.3) is 21.5 Å². The lowest BCUT2D eigenvalue weighted by molar-refractivity contribution is -0.137. The molecule has 5 heteroatoms. The standard InChI is InChI=1S/C16H9F3O2/c17-16(18,19)10-5-6-12-13(8-10)11-4-2-1-3-9(11)7-14(12)15(20)21/h1-8H,(H,20,21). The number of carbonyl (C=O) groups is 1. The van der Waals surface area contributed by atoms with Gasteiger partial charge in [-0.25, -0.2) is 4.79 Å². The summed E-state index contributed by atoms with van der Waals surface area (Å²) in [5.41, 5.74) is -0.792. The normalized spacial score (nSPS) is 12.0. The topological polar surface area (TPSA) is 37.3 Å². The van der Waals surface area contributed by atoms with Gasteiger partial charge in [-0.2, -0.15) is 13.2 Å². The number of halogens is 3. The second-order valence-electron chi connectivity index (χ2n) is 4.71. The number of hydrogen-bond acceptors (Lipinski definition) is 1. The number of alkyl halides is 3. The molecular weight excluding hydrogens is 281 g/mol. The predicted octanol–water partition coefficient (Wildman–Crippen LogP) is 4.71. The molecule has 3 aromatic rings. The molecule has 1 N–H and O–H groups in total. The van der Waals surface area contributed by atoms with E-state index in [2.05, 4.69) is 0 Å². The SMILES string of the molecule is O=C(O)c1cc2ccccc2c2cc(C(F)(F)F)ccc12. The molecule has 0 aromatic heterocycles. The molecule has 3 rings (SSSR count). The Morgan fingerprint density at radius 1 is 0.905 bits per heavy atom. The number of carboxylic acid groups (broad SMARTS) is 1. The minimum absolute atomic E-state index is 0.00238. The van der Waals surface area contributed by atoms with Gasteiger partial charge in [-0.1, -0.05) is 30.3 Å². The van der Waals surface area contributed by atoms with Crippen LogP contribution < -0.4 is 0 Å². The van der Waals surface area contributed by atoms with Crippen molar-refractivity contribution >= 4 is 27.5 Å². The molecule has 0 saturated carbocycles. The van der Waals surface area contributed by atoms with Crippen LogP contribution in [0.4, 0.5) is 13.2 Å². The van der Waals surface area contributed by atoms with Gasteiger partial charge in [-0.3, -0.25) is 0 Å². The van der Waals surface area contributed by atoms with Gasteiger partial charge in [-0.15, -0.1) is 0 Å². The molecule has 0 amide bonds. The van der Waals surface area contributed by atoms with Crippen molar-refractivity contribution in [3.8, 4) is 0 Å². The highest BCUT2D eigenvalue weighted by Gasteiger charge is 2.30. The lowest BCUT2D eigenvalue weighted by Crippen LogP contribution is -2.05. The van der Waals surface area contributed by atoms with Crippen LogP contribution in [0.2, 0.25) is 0 Å². The molecule has 0 spiro atoms. The van der Waals surface area contributed by atoms with E-state index < -0.39 is 17.7 Å². The van der Waals surface area contributed by atoms with Crippen molar-refractivity contribution in [3.63, 3.8) is 0 Å². The van der Waals surface area contributed by atoms with E-state index >= 15 is 0 Å². The summed E-state index contributed by atoms with van der Waals surface area (Å²) >= 11 is 0. The van der Waals surface area contributed by atoms with Gasteiger partial charge >= 0.3 is 12.1 Å². The fourth-order valence-corrected chi connectivity index (χ4v) is 2.46. The summed E-state index contributed by atoms with van der Waals surface area (Å²) < 4.78 is 38.6. The molecule has 0 saturated heterocycles. The lowest BCUT2D eigenvalue weighted by Gasteiger charge is -2.11. The number of rotatable bonds is 1. The van der Waals surface area contributed by atoms with Gasteiger partial charge in [0.15, 0.2) is 0 Å². The molecule has 0 atom stereocenters. The Labute approximate surface area is 117 Å². The van der Waals surface area contributed by atoms with Crippen LogP contribution in [0, 0.1) is 0 Å². The maximum absolute atomic E-state index is 12.9. The molecule has 0 heterocycles. The van der Waals surface area contributed by atoms with E-state index in [0.29, 0.717) is 21.5 Å². The summed E-state index contributed by atoms with van der Waals surface area (Å²) in [4.78, 5) is 11.3. The van der Waals surface area contributed by atoms with Gasteiger partial charge in [0.2, 0.25) is 0 Å². The Morgan fingerprint density at radius 3 is 2.29 bits per heavy atom. The Balaban J connectivity index is 2.48. The first-order valence-electron chi connectivity index (χ1n) is 6.14. The van der Waals surface area contributed by atoms with Crippen molar-refractivity contribution in [1.29, 1.82) is 0 Å². The van der Waals surface area contributed by atoms with Gasteiger partial charge in [0.05, 0.1) is 11.1 Å². The van der Waals surface area contributed by atoms with Gasteiger partial charge in [0, 0.05) is 0 Å². The summed E-state index contributed by atoms with van der Waals surface area (Å²) in [5.74, 6) is -1.16. The molecule has 0 unspecified atom stereocenters. The smallest absolute Gasteiger partial charge is 0.416 e. The third-order valence-electron chi connectivity index (χ3n) is 3.42. The Morgan fingerprint density at radius 2 is 1.62 bits per heavy atom. The summed E-state index contributed by atoms with van der Waals surface area (Å²) in [7, 11) is 0. The van der Waals surface area contributed by atoms with Gasteiger partial charge in [-0.05, 0) is 39.7 Å². The van der Waals surface area contributed by atoms with E-state index in [1.54, 1.807) is 24.3 Å². The molecule has 0 aliphatic rings. The van der Waals surface area contributed by atoms with Crippen molar-refractivity contribution < 1.29 is 23.1 Å². The molecule has 2 nitrogen and oxygen atoms in total. The minimum atomic E-state index is -4.46. The summed E-state index contributed by atoms with van der Waals surface area (Å²) in [6.07, 6.45) is -4.46. The molecule has 0 aliphatic carbocycles. The molecule has 0 aliphatic heterocycles. The second kappa shape index (κ2) is 4.48. The van der Waals surface area contributed by atoms with E-state index in [1.165, 1.54) is 12.1 Å². The average molecular weight is 290 g/mol. The van der Waals surface area contributed by atoms with Crippen molar-refractivity contribution in [3.05, 3.63) is 59.7 Å². The zero-order valence-electron chi connectivity index (χ0n) is 10.6. The van der Waals surface area contributed by atoms with Crippen LogP contribution in [0.5, 0.6) is 0 Å². The van der Waals surface area contributed by atoms with Gasteiger partial charge < -0.3 is 5.11 Å². The van der Waals surface area contributed by atoms with Crippen LogP contribution in [-0.2, 0) is 6.18 Å². The molecular formula is C16H9F3O2. The quantitative estimate of drug-likeness (QED) is 0.659. The van der Waals surface area contributed by atoms with E-state index in [-0.39, 0.29) is 5.56 Å². The first-order valence-corrected chi connectivity index (χ1v) is 6.14. The number of fused-ring (bicyclic) bond motifs is 3. The molecule has 0 radical (unpaired) electrons. The minimum Gasteiger partial charge on any atom is -0.478 e. The average Bonchev–Trinajstić information content (AvgIpc) is 2.44. The summed E-state index contributed by atoms with van der Waals surface area (Å²) in [5, 5.41) is 11.0. The second-order valence-corrected chi connectivity index (χ2v) is 4.71. The van der Waals surface area contributed by atoms with Crippen molar-refractivity contribution in [2.45, 2.75) is 6.18 Å². The van der Waals surface area contributed by atoms with Crippen LogP contribution in [0.3, 0.4) is 0 Å². The molecule has 106 valence electrons. The first kappa shape index (κ1) is 13.4. The molecule has 0 bridgehead atoms. The molecule has 0 fully saturated rings. The highest BCUT2D eigenvalue weighted by molar-refractivity contribution is 6.15. The zero-order valence-corrected chi connectivity index (χ0v) is 10.6.